The van der Waals surface area contributed by atoms with Crippen LogP contribution >= 0.6 is 11.3 Å². The van der Waals surface area contributed by atoms with Crippen LogP contribution < -0.4 is 10.1 Å². The van der Waals surface area contributed by atoms with Crippen LogP contribution in [0.4, 0.5) is 11.4 Å². The molecule has 0 unspecified atom stereocenters. The Hall–Kier alpha value is -2.94. The minimum atomic E-state index is -0.632. The number of benzene rings is 1. The van der Waals surface area contributed by atoms with Gasteiger partial charge in [-0.25, -0.2) is 4.79 Å². The number of hydrogen-bond acceptors (Lipinski definition) is 7. The van der Waals surface area contributed by atoms with Crippen molar-refractivity contribution in [2.24, 2.45) is 0 Å². The number of nitro groups is 1. The standard InChI is InChI=1S/C14H12N2O6S/c1-21-12-3-2-10(16(19)20)6-11(12)15-13(17)7-22-14(18)9-4-5-23-8-9/h2-6,8H,7H2,1H3,(H,15,17). The van der Waals surface area contributed by atoms with Crippen LogP contribution in [0.25, 0.3) is 0 Å². The summed E-state index contributed by atoms with van der Waals surface area (Å²) in [5.41, 5.74) is 0.283. The molecule has 0 fully saturated rings. The highest BCUT2D eigenvalue weighted by Crippen LogP contribution is 2.28. The van der Waals surface area contributed by atoms with Gasteiger partial charge in [0, 0.05) is 17.5 Å². The number of methoxy groups -OCH3 is 1. The Morgan fingerprint density at radius 3 is 2.74 bits per heavy atom. The van der Waals surface area contributed by atoms with Gasteiger partial charge < -0.3 is 14.8 Å². The number of carbonyl (C=O) groups excluding carboxylic acids is 2. The largest absolute Gasteiger partial charge is 0.495 e. The maximum Gasteiger partial charge on any atom is 0.339 e. The number of esters is 1. The Morgan fingerprint density at radius 2 is 2.13 bits per heavy atom. The Balaban J connectivity index is 2.00. The van der Waals surface area contributed by atoms with E-state index >= 15 is 0 Å². The number of nitrogens with zero attached hydrogens (tertiary/aromatic N) is 1. The second kappa shape index (κ2) is 7.36. The minimum Gasteiger partial charge on any atom is -0.495 e. The molecule has 0 aliphatic rings. The lowest BCUT2D eigenvalue weighted by Gasteiger charge is -2.10. The first-order valence-electron chi connectivity index (χ1n) is 6.33. The molecule has 0 spiro atoms. The van der Waals surface area contributed by atoms with E-state index in [1.165, 1.54) is 30.6 Å². The number of nitro benzene ring substituents is 1. The quantitative estimate of drug-likeness (QED) is 0.493. The van der Waals surface area contributed by atoms with Gasteiger partial charge in [0.15, 0.2) is 6.61 Å². The van der Waals surface area contributed by atoms with E-state index in [1.54, 1.807) is 16.8 Å². The molecule has 0 atom stereocenters. The van der Waals surface area contributed by atoms with Crippen molar-refractivity contribution in [2.45, 2.75) is 0 Å². The van der Waals surface area contributed by atoms with Crippen molar-refractivity contribution in [1.29, 1.82) is 0 Å². The Labute approximate surface area is 134 Å². The molecule has 0 bridgehead atoms. The van der Waals surface area contributed by atoms with E-state index in [0.29, 0.717) is 5.56 Å². The van der Waals surface area contributed by atoms with E-state index in [9.17, 15) is 19.7 Å². The van der Waals surface area contributed by atoms with E-state index in [0.717, 1.165) is 6.07 Å². The Bertz CT molecular complexity index is 729. The van der Waals surface area contributed by atoms with Gasteiger partial charge in [0.05, 0.1) is 23.3 Å². The highest BCUT2D eigenvalue weighted by molar-refractivity contribution is 7.08. The molecule has 1 aromatic carbocycles. The first-order chi connectivity index (χ1) is 11.0. The maximum atomic E-state index is 11.8. The topological polar surface area (TPSA) is 108 Å². The average Bonchev–Trinajstić information content (AvgIpc) is 3.07. The fraction of sp³-hybridized carbons (Fsp3) is 0.143. The summed E-state index contributed by atoms with van der Waals surface area (Å²) in [5, 5.41) is 16.5. The van der Waals surface area contributed by atoms with Crippen molar-refractivity contribution in [1.82, 2.24) is 0 Å². The molecule has 2 aromatic rings. The average molecular weight is 336 g/mol. The molecule has 8 nitrogen and oxygen atoms in total. The van der Waals surface area contributed by atoms with Gasteiger partial charge in [-0.3, -0.25) is 14.9 Å². The number of amides is 1. The number of thiophene rings is 1. The molecular weight excluding hydrogens is 324 g/mol. The molecule has 0 saturated carbocycles. The van der Waals surface area contributed by atoms with Crippen molar-refractivity contribution in [2.75, 3.05) is 19.0 Å². The zero-order valence-corrected chi connectivity index (χ0v) is 12.8. The third-order valence-electron chi connectivity index (χ3n) is 2.76. The zero-order chi connectivity index (χ0) is 16.8. The second-order valence-electron chi connectivity index (χ2n) is 4.28. The number of rotatable bonds is 6. The van der Waals surface area contributed by atoms with Gasteiger partial charge in [-0.05, 0) is 17.5 Å². The lowest BCUT2D eigenvalue weighted by Crippen LogP contribution is -2.21. The van der Waals surface area contributed by atoms with Gasteiger partial charge >= 0.3 is 5.97 Å². The number of nitrogens with one attached hydrogen (secondary N) is 1. The van der Waals surface area contributed by atoms with E-state index in [2.05, 4.69) is 5.32 Å². The molecule has 23 heavy (non-hydrogen) atoms. The molecule has 120 valence electrons. The second-order valence-corrected chi connectivity index (χ2v) is 5.06. The molecule has 0 radical (unpaired) electrons. The highest BCUT2D eigenvalue weighted by Gasteiger charge is 2.15. The van der Waals surface area contributed by atoms with Crippen molar-refractivity contribution in [3.8, 4) is 5.75 Å². The Morgan fingerprint density at radius 1 is 1.35 bits per heavy atom. The smallest absolute Gasteiger partial charge is 0.339 e. The summed E-state index contributed by atoms with van der Waals surface area (Å²) in [4.78, 5) is 33.6. The van der Waals surface area contributed by atoms with Crippen LogP contribution in [0.5, 0.6) is 5.75 Å². The fourth-order valence-electron chi connectivity index (χ4n) is 1.69. The first kappa shape index (κ1) is 16.4. The van der Waals surface area contributed by atoms with Gasteiger partial charge in [-0.15, -0.1) is 0 Å². The SMILES string of the molecule is COc1ccc([N+](=O)[O-])cc1NC(=O)COC(=O)c1ccsc1. The summed E-state index contributed by atoms with van der Waals surface area (Å²) in [6.45, 7) is -0.513. The van der Waals surface area contributed by atoms with Crippen molar-refractivity contribution >= 4 is 34.6 Å². The van der Waals surface area contributed by atoms with Crippen molar-refractivity contribution in [3.05, 3.63) is 50.7 Å². The van der Waals surface area contributed by atoms with Crippen LogP contribution in [0.2, 0.25) is 0 Å². The van der Waals surface area contributed by atoms with Crippen LogP contribution in [0.1, 0.15) is 10.4 Å². The summed E-state index contributed by atoms with van der Waals surface area (Å²) in [5.74, 6) is -0.993. The highest BCUT2D eigenvalue weighted by atomic mass is 32.1. The third-order valence-corrected chi connectivity index (χ3v) is 3.44. The molecule has 1 amide bonds. The van der Waals surface area contributed by atoms with Crippen LogP contribution in [0.15, 0.2) is 35.0 Å². The van der Waals surface area contributed by atoms with Gasteiger partial charge in [-0.1, -0.05) is 0 Å². The van der Waals surface area contributed by atoms with Gasteiger partial charge in [0.1, 0.15) is 5.75 Å². The minimum absolute atomic E-state index is 0.123. The van der Waals surface area contributed by atoms with Crippen molar-refractivity contribution < 1.29 is 24.0 Å². The summed E-state index contributed by atoms with van der Waals surface area (Å²) in [6.07, 6.45) is 0. The van der Waals surface area contributed by atoms with Gasteiger partial charge in [0.2, 0.25) is 0 Å². The molecular formula is C14H12N2O6S. The molecule has 1 aromatic heterocycles. The predicted molar refractivity (Wildman–Crippen MR) is 82.9 cm³/mol. The van der Waals surface area contributed by atoms with E-state index in [-0.39, 0.29) is 17.1 Å². The van der Waals surface area contributed by atoms with E-state index < -0.39 is 23.4 Å². The van der Waals surface area contributed by atoms with Crippen LogP contribution in [-0.4, -0.2) is 30.5 Å². The molecule has 0 aliphatic carbocycles. The number of non-ortho nitro benzene ring substituents is 1. The summed E-state index contributed by atoms with van der Waals surface area (Å²) in [7, 11) is 1.37. The number of ether oxygens (including phenoxy) is 2. The monoisotopic (exact) mass is 336 g/mol. The molecule has 0 aliphatic heterocycles. The summed E-state index contributed by atoms with van der Waals surface area (Å²) >= 11 is 1.33. The summed E-state index contributed by atoms with van der Waals surface area (Å²) < 4.78 is 9.87. The van der Waals surface area contributed by atoms with E-state index in [1.807, 2.05) is 0 Å². The normalized spacial score (nSPS) is 9.96. The van der Waals surface area contributed by atoms with Crippen LogP contribution in [-0.2, 0) is 9.53 Å². The molecule has 9 heteroatoms. The molecule has 1 N–H and O–H groups in total. The first-order valence-corrected chi connectivity index (χ1v) is 7.27. The van der Waals surface area contributed by atoms with Crippen LogP contribution in [0, 0.1) is 10.1 Å². The lowest BCUT2D eigenvalue weighted by atomic mass is 10.2. The maximum absolute atomic E-state index is 11.8. The number of carbonyl (C=O) groups is 2. The predicted octanol–water partition coefficient (Wildman–Crippen LogP) is 2.46. The fourth-order valence-corrected chi connectivity index (χ4v) is 2.31. The van der Waals surface area contributed by atoms with Gasteiger partial charge in [-0.2, -0.15) is 11.3 Å². The number of anilines is 1. The molecule has 1 heterocycles. The lowest BCUT2D eigenvalue weighted by molar-refractivity contribution is -0.384. The zero-order valence-electron chi connectivity index (χ0n) is 12.0. The third kappa shape index (κ3) is 4.27. The Kier molecular flexibility index (Phi) is 5.26. The summed E-state index contributed by atoms with van der Waals surface area (Å²) in [6, 6.07) is 5.36. The molecule has 0 saturated heterocycles. The molecule has 2 rings (SSSR count). The van der Waals surface area contributed by atoms with Crippen molar-refractivity contribution in [3.63, 3.8) is 0 Å². The van der Waals surface area contributed by atoms with E-state index in [4.69, 9.17) is 9.47 Å². The van der Waals surface area contributed by atoms with Gasteiger partial charge in [0.25, 0.3) is 11.6 Å². The number of hydrogen-bond donors (Lipinski definition) is 1. The van der Waals surface area contributed by atoms with Crippen LogP contribution in [0.3, 0.4) is 0 Å².